The third kappa shape index (κ3) is 2.70. The number of nitrogen functional groups attached to an aromatic ring is 1. The minimum Gasteiger partial charge on any atom is -0.398 e. The number of hydrogen-bond donors (Lipinski definition) is 1. The van der Waals surface area contributed by atoms with Gasteiger partial charge in [0, 0.05) is 19.9 Å². The summed E-state index contributed by atoms with van der Waals surface area (Å²) in [5.41, 5.74) is 9.06. The highest BCUT2D eigenvalue weighted by Gasteiger charge is 2.24. The van der Waals surface area contributed by atoms with Gasteiger partial charge in [0.15, 0.2) is 6.29 Å². The summed E-state index contributed by atoms with van der Waals surface area (Å²) in [6.45, 7) is 2.00. The van der Waals surface area contributed by atoms with Gasteiger partial charge in [-0.2, -0.15) is 11.8 Å². The van der Waals surface area contributed by atoms with Gasteiger partial charge in [-0.15, -0.1) is 0 Å². The SMILES string of the molecule is COC(OC)C(SC)c1cccc(C)c1N. The molecule has 1 unspecified atom stereocenters. The zero-order chi connectivity index (χ0) is 12.1. The van der Waals surface area contributed by atoms with Crippen LogP contribution in [0.25, 0.3) is 0 Å². The van der Waals surface area contributed by atoms with Crippen LogP contribution < -0.4 is 5.73 Å². The van der Waals surface area contributed by atoms with Crippen molar-refractivity contribution >= 4 is 17.4 Å². The predicted octanol–water partition coefficient (Wildman–Crippen LogP) is 2.60. The molecule has 0 amide bonds. The van der Waals surface area contributed by atoms with E-state index in [2.05, 4.69) is 0 Å². The summed E-state index contributed by atoms with van der Waals surface area (Å²) in [5.74, 6) is 0. The summed E-state index contributed by atoms with van der Waals surface area (Å²) in [4.78, 5) is 0. The van der Waals surface area contributed by atoms with Crippen molar-refractivity contribution in [2.24, 2.45) is 0 Å². The van der Waals surface area contributed by atoms with Crippen molar-refractivity contribution in [2.45, 2.75) is 18.5 Å². The number of hydrogen-bond acceptors (Lipinski definition) is 4. The van der Waals surface area contributed by atoms with Crippen molar-refractivity contribution in [1.29, 1.82) is 0 Å². The third-order valence-electron chi connectivity index (χ3n) is 2.63. The summed E-state index contributed by atoms with van der Waals surface area (Å²) in [7, 11) is 3.28. The van der Waals surface area contributed by atoms with Crippen molar-refractivity contribution < 1.29 is 9.47 Å². The largest absolute Gasteiger partial charge is 0.398 e. The normalized spacial score (nSPS) is 13.1. The average Bonchev–Trinajstić information content (AvgIpc) is 2.30. The molecule has 1 aromatic carbocycles. The second-order valence-electron chi connectivity index (χ2n) is 3.57. The standard InChI is InChI=1S/C12H19NO2S/c1-8-6-5-7-9(10(8)13)11(16-4)12(14-2)15-3/h5-7,11-12H,13H2,1-4H3. The zero-order valence-corrected chi connectivity index (χ0v) is 11.0. The molecule has 16 heavy (non-hydrogen) atoms. The van der Waals surface area contributed by atoms with Gasteiger partial charge in [-0.1, -0.05) is 18.2 Å². The fourth-order valence-electron chi connectivity index (χ4n) is 1.68. The topological polar surface area (TPSA) is 44.5 Å². The molecule has 4 heteroatoms. The van der Waals surface area contributed by atoms with E-state index in [4.69, 9.17) is 15.2 Å². The molecule has 90 valence electrons. The molecule has 0 aliphatic heterocycles. The maximum atomic E-state index is 6.08. The fraction of sp³-hybridized carbons (Fsp3) is 0.500. The number of benzene rings is 1. The Morgan fingerprint density at radius 2 is 1.88 bits per heavy atom. The molecule has 0 spiro atoms. The van der Waals surface area contributed by atoms with Crippen LogP contribution in [0.5, 0.6) is 0 Å². The van der Waals surface area contributed by atoms with E-state index in [9.17, 15) is 0 Å². The quantitative estimate of drug-likeness (QED) is 0.635. The summed E-state index contributed by atoms with van der Waals surface area (Å²) in [5, 5.41) is 0.0925. The molecule has 0 heterocycles. The molecule has 0 saturated heterocycles. The third-order valence-corrected chi connectivity index (χ3v) is 3.61. The van der Waals surface area contributed by atoms with E-state index < -0.39 is 0 Å². The molecule has 1 rings (SSSR count). The van der Waals surface area contributed by atoms with E-state index in [1.807, 2.05) is 31.4 Å². The first kappa shape index (κ1) is 13.4. The van der Waals surface area contributed by atoms with Crippen LogP contribution >= 0.6 is 11.8 Å². The Morgan fingerprint density at radius 3 is 2.38 bits per heavy atom. The molecule has 0 aromatic heterocycles. The minimum atomic E-state index is -0.279. The number of anilines is 1. The molecule has 3 nitrogen and oxygen atoms in total. The lowest BCUT2D eigenvalue weighted by molar-refractivity contribution is -0.102. The Morgan fingerprint density at radius 1 is 1.25 bits per heavy atom. The van der Waals surface area contributed by atoms with E-state index >= 15 is 0 Å². The van der Waals surface area contributed by atoms with Crippen LogP contribution in [0.1, 0.15) is 16.4 Å². The lowest BCUT2D eigenvalue weighted by atomic mass is 10.1. The number of para-hydroxylation sites is 1. The van der Waals surface area contributed by atoms with Gasteiger partial charge in [-0.3, -0.25) is 0 Å². The molecule has 0 fully saturated rings. The van der Waals surface area contributed by atoms with Crippen molar-refractivity contribution in [3.05, 3.63) is 29.3 Å². The molecular weight excluding hydrogens is 222 g/mol. The summed E-state index contributed by atoms with van der Waals surface area (Å²) >= 11 is 1.67. The van der Waals surface area contributed by atoms with Crippen LogP contribution in [0, 0.1) is 6.92 Å². The highest BCUT2D eigenvalue weighted by molar-refractivity contribution is 7.98. The molecule has 0 aliphatic carbocycles. The average molecular weight is 241 g/mol. The first-order valence-electron chi connectivity index (χ1n) is 5.09. The number of nitrogens with two attached hydrogens (primary N) is 1. The van der Waals surface area contributed by atoms with Gasteiger partial charge in [-0.25, -0.2) is 0 Å². The maximum Gasteiger partial charge on any atom is 0.172 e. The summed E-state index contributed by atoms with van der Waals surface area (Å²) < 4.78 is 10.6. The van der Waals surface area contributed by atoms with E-state index in [1.165, 1.54) is 0 Å². The van der Waals surface area contributed by atoms with Gasteiger partial charge in [-0.05, 0) is 24.3 Å². The number of rotatable bonds is 5. The van der Waals surface area contributed by atoms with E-state index in [0.29, 0.717) is 0 Å². The molecule has 2 N–H and O–H groups in total. The maximum absolute atomic E-state index is 6.08. The molecule has 1 atom stereocenters. The Bertz CT molecular complexity index is 340. The van der Waals surface area contributed by atoms with Gasteiger partial charge < -0.3 is 15.2 Å². The first-order chi connectivity index (χ1) is 7.65. The Balaban J connectivity index is 3.07. The van der Waals surface area contributed by atoms with Crippen molar-refractivity contribution in [3.63, 3.8) is 0 Å². The first-order valence-corrected chi connectivity index (χ1v) is 6.37. The van der Waals surface area contributed by atoms with Gasteiger partial charge in [0.1, 0.15) is 0 Å². The lowest BCUT2D eigenvalue weighted by Gasteiger charge is -2.25. The van der Waals surface area contributed by atoms with Gasteiger partial charge in [0.05, 0.1) is 5.25 Å². The number of methoxy groups -OCH3 is 2. The van der Waals surface area contributed by atoms with Gasteiger partial charge in [0.2, 0.25) is 0 Å². The summed E-state index contributed by atoms with van der Waals surface area (Å²) in [6.07, 6.45) is 1.75. The molecular formula is C12H19NO2S. The van der Waals surface area contributed by atoms with Crippen LogP contribution in [0.3, 0.4) is 0 Å². The van der Waals surface area contributed by atoms with E-state index in [1.54, 1.807) is 26.0 Å². The van der Waals surface area contributed by atoms with Crippen LogP contribution in [-0.4, -0.2) is 26.8 Å². The van der Waals surface area contributed by atoms with Crippen LogP contribution in [-0.2, 0) is 9.47 Å². The second kappa shape index (κ2) is 6.13. The monoisotopic (exact) mass is 241 g/mol. The fourth-order valence-corrected chi connectivity index (χ4v) is 2.58. The van der Waals surface area contributed by atoms with Gasteiger partial charge in [0.25, 0.3) is 0 Å². The molecule has 0 saturated carbocycles. The van der Waals surface area contributed by atoms with Gasteiger partial charge >= 0.3 is 0 Å². The smallest absolute Gasteiger partial charge is 0.172 e. The van der Waals surface area contributed by atoms with Crippen molar-refractivity contribution in [3.8, 4) is 0 Å². The number of aryl methyl sites for hydroxylation is 1. The number of thioether (sulfide) groups is 1. The summed E-state index contributed by atoms with van der Waals surface area (Å²) in [6, 6.07) is 6.03. The molecule has 0 bridgehead atoms. The van der Waals surface area contributed by atoms with Crippen LogP contribution in [0.2, 0.25) is 0 Å². The van der Waals surface area contributed by atoms with E-state index in [0.717, 1.165) is 16.8 Å². The van der Waals surface area contributed by atoms with E-state index in [-0.39, 0.29) is 11.5 Å². The highest BCUT2D eigenvalue weighted by atomic mass is 32.2. The minimum absolute atomic E-state index is 0.0925. The molecule has 0 radical (unpaired) electrons. The zero-order valence-electron chi connectivity index (χ0n) is 10.2. The molecule has 1 aromatic rings. The Kier molecular flexibility index (Phi) is 5.12. The Hall–Kier alpha value is -0.710. The number of ether oxygens (including phenoxy) is 2. The van der Waals surface area contributed by atoms with Crippen molar-refractivity contribution in [2.75, 3.05) is 26.2 Å². The lowest BCUT2D eigenvalue weighted by Crippen LogP contribution is -2.21. The Labute approximate surface area is 101 Å². The highest BCUT2D eigenvalue weighted by Crippen LogP contribution is 2.36. The molecule has 0 aliphatic rings. The van der Waals surface area contributed by atoms with Crippen molar-refractivity contribution in [1.82, 2.24) is 0 Å². The second-order valence-corrected chi connectivity index (χ2v) is 4.55. The van der Waals surface area contributed by atoms with Crippen LogP contribution in [0.15, 0.2) is 18.2 Å². The van der Waals surface area contributed by atoms with Crippen LogP contribution in [0.4, 0.5) is 5.69 Å². The predicted molar refractivity (Wildman–Crippen MR) is 69.7 cm³/mol.